The van der Waals surface area contributed by atoms with E-state index in [2.05, 4.69) is 41.9 Å². The highest BCUT2D eigenvalue weighted by molar-refractivity contribution is 9.10. The molecule has 0 aromatic heterocycles. The maximum Gasteiger partial charge on any atom is 0.141 e. The SMILES string of the molecule is CC(C)c1ccc(Oc2ccc([C@H](C)O)cc2Br)cc1. The molecule has 2 aromatic carbocycles. The first kappa shape index (κ1) is 15.1. The van der Waals surface area contributed by atoms with Crippen molar-refractivity contribution in [2.24, 2.45) is 0 Å². The third kappa shape index (κ3) is 3.62. The predicted molar refractivity (Wildman–Crippen MR) is 85.4 cm³/mol. The first-order chi connectivity index (χ1) is 9.47. The van der Waals surface area contributed by atoms with Crippen LogP contribution in [0, 0.1) is 0 Å². The molecule has 2 aromatic rings. The van der Waals surface area contributed by atoms with Crippen LogP contribution in [0.5, 0.6) is 11.5 Å². The summed E-state index contributed by atoms with van der Waals surface area (Å²) in [4.78, 5) is 0. The van der Waals surface area contributed by atoms with Crippen LogP contribution in [0.1, 0.15) is 43.9 Å². The van der Waals surface area contributed by atoms with Crippen LogP contribution in [-0.2, 0) is 0 Å². The van der Waals surface area contributed by atoms with Crippen molar-refractivity contribution in [3.05, 3.63) is 58.1 Å². The fourth-order valence-corrected chi connectivity index (χ4v) is 2.38. The molecule has 106 valence electrons. The molecule has 0 radical (unpaired) electrons. The molecular weight excluding hydrogens is 316 g/mol. The van der Waals surface area contributed by atoms with Crippen LogP contribution in [-0.4, -0.2) is 5.11 Å². The van der Waals surface area contributed by atoms with E-state index in [1.807, 2.05) is 30.3 Å². The largest absolute Gasteiger partial charge is 0.456 e. The molecule has 1 atom stereocenters. The van der Waals surface area contributed by atoms with E-state index in [9.17, 15) is 5.11 Å². The number of benzene rings is 2. The number of rotatable bonds is 4. The van der Waals surface area contributed by atoms with E-state index in [0.717, 1.165) is 21.5 Å². The van der Waals surface area contributed by atoms with Crippen molar-refractivity contribution in [2.45, 2.75) is 32.8 Å². The normalized spacial score (nSPS) is 12.5. The standard InChI is InChI=1S/C17H19BrO2/c1-11(2)13-4-7-15(8-5-13)20-17-9-6-14(12(3)19)10-16(17)18/h4-12,19H,1-3H3/t12-/m0/s1. The summed E-state index contributed by atoms with van der Waals surface area (Å²) in [6, 6.07) is 13.7. The van der Waals surface area contributed by atoms with E-state index in [1.165, 1.54) is 5.56 Å². The summed E-state index contributed by atoms with van der Waals surface area (Å²) < 4.78 is 6.69. The molecule has 0 heterocycles. The predicted octanol–water partition coefficient (Wildman–Crippen LogP) is 5.42. The molecular formula is C17H19BrO2. The lowest BCUT2D eigenvalue weighted by molar-refractivity contribution is 0.199. The summed E-state index contributed by atoms with van der Waals surface area (Å²) in [5.41, 5.74) is 2.15. The van der Waals surface area contributed by atoms with Gasteiger partial charge in [-0.2, -0.15) is 0 Å². The summed E-state index contributed by atoms with van der Waals surface area (Å²) >= 11 is 3.47. The van der Waals surface area contributed by atoms with Gasteiger partial charge in [0.1, 0.15) is 11.5 Å². The van der Waals surface area contributed by atoms with Gasteiger partial charge in [0.25, 0.3) is 0 Å². The van der Waals surface area contributed by atoms with Crippen molar-refractivity contribution < 1.29 is 9.84 Å². The molecule has 0 aliphatic rings. The molecule has 3 heteroatoms. The lowest BCUT2D eigenvalue weighted by atomic mass is 10.0. The van der Waals surface area contributed by atoms with E-state index >= 15 is 0 Å². The molecule has 2 nitrogen and oxygen atoms in total. The first-order valence-corrected chi connectivity index (χ1v) is 7.52. The Morgan fingerprint density at radius 3 is 2.05 bits per heavy atom. The van der Waals surface area contributed by atoms with Gasteiger partial charge in [-0.3, -0.25) is 0 Å². The molecule has 0 bridgehead atoms. The Kier molecular flexibility index (Phi) is 4.84. The van der Waals surface area contributed by atoms with Crippen LogP contribution in [0.4, 0.5) is 0 Å². The maximum absolute atomic E-state index is 9.55. The molecule has 0 fully saturated rings. The highest BCUT2D eigenvalue weighted by atomic mass is 79.9. The molecule has 20 heavy (non-hydrogen) atoms. The first-order valence-electron chi connectivity index (χ1n) is 6.72. The minimum atomic E-state index is -0.481. The molecule has 0 aliphatic carbocycles. The van der Waals surface area contributed by atoms with Crippen LogP contribution < -0.4 is 4.74 Å². The molecule has 1 N–H and O–H groups in total. The van der Waals surface area contributed by atoms with Gasteiger partial charge in [0.05, 0.1) is 10.6 Å². The van der Waals surface area contributed by atoms with Crippen molar-refractivity contribution in [3.8, 4) is 11.5 Å². The average molecular weight is 335 g/mol. The van der Waals surface area contributed by atoms with Gasteiger partial charge < -0.3 is 9.84 Å². The maximum atomic E-state index is 9.55. The zero-order chi connectivity index (χ0) is 14.7. The van der Waals surface area contributed by atoms with E-state index in [1.54, 1.807) is 6.92 Å². The van der Waals surface area contributed by atoms with E-state index in [4.69, 9.17) is 4.74 Å². The zero-order valence-electron chi connectivity index (χ0n) is 11.9. The number of halogens is 1. The van der Waals surface area contributed by atoms with E-state index in [-0.39, 0.29) is 0 Å². The van der Waals surface area contributed by atoms with Crippen LogP contribution in [0.3, 0.4) is 0 Å². The van der Waals surface area contributed by atoms with Crippen LogP contribution in [0.25, 0.3) is 0 Å². The second kappa shape index (κ2) is 6.42. The van der Waals surface area contributed by atoms with Gasteiger partial charge in [0.2, 0.25) is 0 Å². The average Bonchev–Trinajstić information content (AvgIpc) is 2.41. The number of aliphatic hydroxyl groups is 1. The van der Waals surface area contributed by atoms with Crippen molar-refractivity contribution in [1.82, 2.24) is 0 Å². The highest BCUT2D eigenvalue weighted by Gasteiger charge is 2.07. The summed E-state index contributed by atoms with van der Waals surface area (Å²) in [5.74, 6) is 2.06. The smallest absolute Gasteiger partial charge is 0.141 e. The van der Waals surface area contributed by atoms with Gasteiger partial charge in [-0.1, -0.05) is 32.0 Å². The molecule has 0 saturated carbocycles. The van der Waals surface area contributed by atoms with Crippen molar-refractivity contribution in [1.29, 1.82) is 0 Å². The van der Waals surface area contributed by atoms with Gasteiger partial charge in [0.15, 0.2) is 0 Å². The molecule has 0 saturated heterocycles. The van der Waals surface area contributed by atoms with Gasteiger partial charge >= 0.3 is 0 Å². The Labute approximate surface area is 128 Å². The molecule has 0 spiro atoms. The second-order valence-electron chi connectivity index (χ2n) is 5.19. The Hall–Kier alpha value is -1.32. The minimum absolute atomic E-state index is 0.481. The number of hydrogen-bond acceptors (Lipinski definition) is 2. The van der Waals surface area contributed by atoms with E-state index < -0.39 is 6.10 Å². The van der Waals surface area contributed by atoms with Gasteiger partial charge in [0, 0.05) is 0 Å². The quantitative estimate of drug-likeness (QED) is 0.809. The fourth-order valence-electron chi connectivity index (χ4n) is 1.91. The van der Waals surface area contributed by atoms with Crippen molar-refractivity contribution in [2.75, 3.05) is 0 Å². The molecule has 2 rings (SSSR count). The van der Waals surface area contributed by atoms with Gasteiger partial charge in [-0.05, 0) is 64.2 Å². The number of hydrogen-bond donors (Lipinski definition) is 1. The Morgan fingerprint density at radius 1 is 0.950 bits per heavy atom. The van der Waals surface area contributed by atoms with Crippen LogP contribution in [0.15, 0.2) is 46.9 Å². The molecule has 0 aliphatic heterocycles. The fraction of sp³-hybridized carbons (Fsp3) is 0.294. The lowest BCUT2D eigenvalue weighted by Crippen LogP contribution is -1.93. The molecule has 0 unspecified atom stereocenters. The lowest BCUT2D eigenvalue weighted by Gasteiger charge is -2.12. The minimum Gasteiger partial charge on any atom is -0.456 e. The van der Waals surface area contributed by atoms with Gasteiger partial charge in [-0.25, -0.2) is 0 Å². The number of aliphatic hydroxyl groups excluding tert-OH is 1. The Balaban J connectivity index is 2.17. The zero-order valence-corrected chi connectivity index (χ0v) is 13.5. The summed E-state index contributed by atoms with van der Waals surface area (Å²) in [6.45, 7) is 6.08. The molecule has 0 amide bonds. The monoisotopic (exact) mass is 334 g/mol. The van der Waals surface area contributed by atoms with Crippen LogP contribution >= 0.6 is 15.9 Å². The Bertz CT molecular complexity index is 574. The van der Waals surface area contributed by atoms with Crippen molar-refractivity contribution >= 4 is 15.9 Å². The Morgan fingerprint density at radius 2 is 1.55 bits per heavy atom. The highest BCUT2D eigenvalue weighted by Crippen LogP contribution is 2.32. The third-order valence-corrected chi connectivity index (χ3v) is 3.83. The topological polar surface area (TPSA) is 29.5 Å². The second-order valence-corrected chi connectivity index (χ2v) is 6.05. The van der Waals surface area contributed by atoms with Gasteiger partial charge in [-0.15, -0.1) is 0 Å². The van der Waals surface area contributed by atoms with Crippen molar-refractivity contribution in [3.63, 3.8) is 0 Å². The summed E-state index contributed by atoms with van der Waals surface area (Å²) in [7, 11) is 0. The summed E-state index contributed by atoms with van der Waals surface area (Å²) in [5, 5.41) is 9.55. The number of ether oxygens (including phenoxy) is 1. The van der Waals surface area contributed by atoms with E-state index in [0.29, 0.717) is 5.92 Å². The third-order valence-electron chi connectivity index (χ3n) is 3.21. The van der Waals surface area contributed by atoms with Crippen LogP contribution in [0.2, 0.25) is 0 Å². The summed E-state index contributed by atoms with van der Waals surface area (Å²) in [6.07, 6.45) is -0.481.